The van der Waals surface area contributed by atoms with E-state index in [0.717, 1.165) is 17.7 Å². The second kappa shape index (κ2) is 7.19. The maximum Gasteiger partial charge on any atom is 0.326 e. The van der Waals surface area contributed by atoms with Crippen LogP contribution in [0.4, 0.5) is 0 Å². The van der Waals surface area contributed by atoms with Crippen LogP contribution in [0, 0.1) is 17.2 Å². The van der Waals surface area contributed by atoms with Crippen LogP contribution >= 0.6 is 0 Å². The maximum atomic E-state index is 12.4. The standard InChI is InChI=1S/C19H19N3O5/c1-19(11-20,13-6-7-13)21-15(23)10-27-17(25)9-22-16(24)8-12-4-2-3-5-14(12)18(22)26/h2-5,13H,6-10H2,1H3,(H,21,23)/t19-/m0/s1. The number of imide groups is 1. The van der Waals surface area contributed by atoms with Gasteiger partial charge in [0.1, 0.15) is 12.1 Å². The van der Waals surface area contributed by atoms with E-state index in [1.54, 1.807) is 31.2 Å². The van der Waals surface area contributed by atoms with Crippen molar-refractivity contribution in [2.24, 2.45) is 5.92 Å². The molecule has 0 spiro atoms. The van der Waals surface area contributed by atoms with E-state index in [0.29, 0.717) is 11.1 Å². The van der Waals surface area contributed by atoms with Crippen molar-refractivity contribution < 1.29 is 23.9 Å². The first kappa shape index (κ1) is 18.6. The number of nitriles is 1. The minimum Gasteiger partial charge on any atom is -0.454 e. The smallest absolute Gasteiger partial charge is 0.326 e. The van der Waals surface area contributed by atoms with Crippen molar-refractivity contribution in [3.05, 3.63) is 35.4 Å². The molecule has 3 amide bonds. The molecule has 1 fully saturated rings. The molecule has 8 heteroatoms. The average Bonchev–Trinajstić information content (AvgIpc) is 3.49. The number of rotatable bonds is 6. The van der Waals surface area contributed by atoms with E-state index < -0.39 is 42.4 Å². The Morgan fingerprint density at radius 3 is 2.70 bits per heavy atom. The van der Waals surface area contributed by atoms with E-state index in [1.807, 2.05) is 0 Å². The molecule has 8 nitrogen and oxygen atoms in total. The zero-order valence-corrected chi connectivity index (χ0v) is 14.9. The van der Waals surface area contributed by atoms with E-state index >= 15 is 0 Å². The third-order valence-electron chi connectivity index (χ3n) is 4.81. The highest BCUT2D eigenvalue weighted by molar-refractivity contribution is 6.11. The molecule has 1 aromatic carbocycles. The fraction of sp³-hybridized carbons (Fsp3) is 0.421. The molecule has 0 aromatic heterocycles. The van der Waals surface area contributed by atoms with Crippen molar-refractivity contribution in [3.63, 3.8) is 0 Å². The highest BCUT2D eigenvalue weighted by Crippen LogP contribution is 2.39. The Labute approximate surface area is 156 Å². The molecule has 1 aliphatic carbocycles. The second-order valence-corrected chi connectivity index (χ2v) is 6.92. The molecule has 0 saturated heterocycles. The number of hydrogen-bond donors (Lipinski definition) is 1. The molecule has 27 heavy (non-hydrogen) atoms. The molecule has 0 radical (unpaired) electrons. The Hall–Kier alpha value is -3.21. The number of carbonyl (C=O) groups is 4. The summed E-state index contributed by atoms with van der Waals surface area (Å²) >= 11 is 0. The van der Waals surface area contributed by atoms with E-state index in [2.05, 4.69) is 11.4 Å². The third kappa shape index (κ3) is 3.97. The second-order valence-electron chi connectivity index (χ2n) is 6.92. The lowest BCUT2D eigenvalue weighted by atomic mass is 9.98. The van der Waals surface area contributed by atoms with Gasteiger partial charge in [0.15, 0.2) is 6.61 Å². The molecule has 2 aliphatic rings. The van der Waals surface area contributed by atoms with Gasteiger partial charge in [-0.25, -0.2) is 0 Å². The normalized spacial score (nSPS) is 18.1. The van der Waals surface area contributed by atoms with Gasteiger partial charge in [-0.15, -0.1) is 0 Å². The van der Waals surface area contributed by atoms with Crippen LogP contribution in [0.2, 0.25) is 0 Å². The minimum atomic E-state index is -0.980. The zero-order chi connectivity index (χ0) is 19.6. The van der Waals surface area contributed by atoms with Crippen molar-refractivity contribution >= 4 is 23.7 Å². The Bertz CT molecular complexity index is 855. The van der Waals surface area contributed by atoms with Crippen molar-refractivity contribution in [2.75, 3.05) is 13.2 Å². The summed E-state index contributed by atoms with van der Waals surface area (Å²) in [5.41, 5.74) is 0.00987. The predicted molar refractivity (Wildman–Crippen MR) is 92.0 cm³/mol. The summed E-state index contributed by atoms with van der Waals surface area (Å²) in [4.78, 5) is 49.3. The van der Waals surface area contributed by atoms with Gasteiger partial charge in [0.05, 0.1) is 12.5 Å². The largest absolute Gasteiger partial charge is 0.454 e. The highest BCUT2D eigenvalue weighted by atomic mass is 16.5. The number of nitrogens with one attached hydrogen (secondary N) is 1. The summed E-state index contributed by atoms with van der Waals surface area (Å²) in [5.74, 6) is -2.41. The Balaban J connectivity index is 1.54. The molecule has 1 N–H and O–H groups in total. The highest BCUT2D eigenvalue weighted by Gasteiger charge is 2.43. The van der Waals surface area contributed by atoms with Crippen LogP contribution in [-0.2, 0) is 25.5 Å². The van der Waals surface area contributed by atoms with Gasteiger partial charge in [-0.05, 0) is 37.3 Å². The third-order valence-corrected chi connectivity index (χ3v) is 4.81. The van der Waals surface area contributed by atoms with Crippen LogP contribution < -0.4 is 5.32 Å². The van der Waals surface area contributed by atoms with E-state index in [4.69, 9.17) is 4.74 Å². The van der Waals surface area contributed by atoms with Gasteiger partial charge in [0, 0.05) is 5.56 Å². The zero-order valence-electron chi connectivity index (χ0n) is 14.9. The maximum absolute atomic E-state index is 12.4. The lowest BCUT2D eigenvalue weighted by Gasteiger charge is -2.26. The van der Waals surface area contributed by atoms with E-state index in [-0.39, 0.29) is 12.3 Å². The number of nitrogens with zero attached hydrogens (tertiary/aromatic N) is 2. The number of hydrogen-bond acceptors (Lipinski definition) is 6. The lowest BCUT2D eigenvalue weighted by molar-refractivity contribution is -0.151. The van der Waals surface area contributed by atoms with Crippen LogP contribution in [0.5, 0.6) is 0 Å². The topological polar surface area (TPSA) is 117 Å². The molecular weight excluding hydrogens is 350 g/mol. The van der Waals surface area contributed by atoms with E-state index in [1.165, 1.54) is 0 Å². The van der Waals surface area contributed by atoms with Crippen LogP contribution in [0.3, 0.4) is 0 Å². The van der Waals surface area contributed by atoms with Crippen LogP contribution in [-0.4, -0.2) is 47.3 Å². The molecule has 1 heterocycles. The summed E-state index contributed by atoms with van der Waals surface area (Å²) in [6.45, 7) is 0.500. The van der Waals surface area contributed by atoms with Gasteiger partial charge in [0.2, 0.25) is 5.91 Å². The molecule has 1 aliphatic heterocycles. The van der Waals surface area contributed by atoms with Gasteiger partial charge in [0.25, 0.3) is 11.8 Å². The van der Waals surface area contributed by atoms with Crippen molar-refractivity contribution in [3.8, 4) is 6.07 Å². The quantitative estimate of drug-likeness (QED) is 0.579. The number of carbonyl (C=O) groups excluding carboxylic acids is 4. The molecule has 0 unspecified atom stereocenters. The lowest BCUT2D eigenvalue weighted by Crippen LogP contribution is -2.49. The molecular formula is C19H19N3O5. The molecule has 0 bridgehead atoms. The molecule has 1 atom stereocenters. The summed E-state index contributed by atoms with van der Waals surface area (Å²) in [5, 5.41) is 11.8. The van der Waals surface area contributed by atoms with Gasteiger partial charge in [-0.3, -0.25) is 24.1 Å². The summed E-state index contributed by atoms with van der Waals surface area (Å²) in [6.07, 6.45) is 1.76. The number of amides is 3. The van der Waals surface area contributed by atoms with Crippen molar-refractivity contribution in [1.82, 2.24) is 10.2 Å². The first-order valence-electron chi connectivity index (χ1n) is 8.64. The Kier molecular flexibility index (Phi) is 4.95. The fourth-order valence-corrected chi connectivity index (χ4v) is 3.09. The number of fused-ring (bicyclic) bond motifs is 1. The first-order chi connectivity index (χ1) is 12.8. The monoisotopic (exact) mass is 369 g/mol. The van der Waals surface area contributed by atoms with Crippen molar-refractivity contribution in [2.45, 2.75) is 31.7 Å². The number of benzene rings is 1. The Morgan fingerprint density at radius 2 is 2.04 bits per heavy atom. The van der Waals surface area contributed by atoms with Crippen LogP contribution in [0.25, 0.3) is 0 Å². The van der Waals surface area contributed by atoms with Crippen molar-refractivity contribution in [1.29, 1.82) is 5.26 Å². The SMILES string of the molecule is C[C@@](C#N)(NC(=O)COC(=O)CN1C(=O)Cc2ccccc2C1=O)C1CC1. The molecule has 1 saturated carbocycles. The van der Waals surface area contributed by atoms with Gasteiger partial charge < -0.3 is 10.1 Å². The van der Waals surface area contributed by atoms with Crippen LogP contribution in [0.1, 0.15) is 35.7 Å². The first-order valence-corrected chi connectivity index (χ1v) is 8.64. The predicted octanol–water partition coefficient (Wildman–Crippen LogP) is 0.563. The average molecular weight is 369 g/mol. The molecule has 1 aromatic rings. The summed E-state index contributed by atoms with van der Waals surface area (Å²) in [6, 6.07) is 8.78. The Morgan fingerprint density at radius 1 is 1.33 bits per heavy atom. The van der Waals surface area contributed by atoms with Gasteiger partial charge in [-0.2, -0.15) is 5.26 Å². The van der Waals surface area contributed by atoms with Gasteiger partial charge in [-0.1, -0.05) is 18.2 Å². The van der Waals surface area contributed by atoms with Crippen LogP contribution in [0.15, 0.2) is 24.3 Å². The minimum absolute atomic E-state index is 0.0254. The summed E-state index contributed by atoms with van der Waals surface area (Å²) in [7, 11) is 0. The van der Waals surface area contributed by atoms with Gasteiger partial charge >= 0.3 is 5.97 Å². The molecule has 140 valence electrons. The summed E-state index contributed by atoms with van der Waals surface area (Å²) < 4.78 is 4.88. The van der Waals surface area contributed by atoms with E-state index in [9.17, 15) is 24.4 Å². The number of esters is 1. The fourth-order valence-electron chi connectivity index (χ4n) is 3.09. The molecule has 3 rings (SSSR count). The number of ether oxygens (including phenoxy) is 1.